The smallest absolute Gasteiger partial charge is 0.263 e. The monoisotopic (exact) mass is 437 g/mol. The Morgan fingerprint density at radius 3 is 2.30 bits per heavy atom. The maximum absolute atomic E-state index is 12.3. The first-order valence-corrected chi connectivity index (χ1v) is 9.33. The molecule has 0 aliphatic carbocycles. The predicted octanol–water partition coefficient (Wildman–Crippen LogP) is 4.80. The summed E-state index contributed by atoms with van der Waals surface area (Å²) in [7, 11) is -3.69. The van der Waals surface area contributed by atoms with Gasteiger partial charge in [-0.2, -0.15) is 0 Å². The molecule has 0 atom stereocenters. The number of sulfonamides is 1. The third-order valence-electron chi connectivity index (χ3n) is 2.54. The molecule has 2 rings (SSSR count). The topological polar surface area (TPSA) is 46.2 Å². The molecule has 0 bridgehead atoms. The molecule has 1 N–H and O–H groups in total. The van der Waals surface area contributed by atoms with Gasteiger partial charge in [-0.05, 0) is 35.9 Å². The quantitative estimate of drug-likeness (QED) is 0.696. The highest BCUT2D eigenvalue weighted by atomic mass is 79.9. The maximum atomic E-state index is 12.3. The number of anilines is 1. The maximum Gasteiger partial charge on any atom is 0.263 e. The van der Waals surface area contributed by atoms with Gasteiger partial charge in [0.15, 0.2) is 0 Å². The van der Waals surface area contributed by atoms with Gasteiger partial charge >= 0.3 is 0 Å². The number of benzene rings is 2. The Morgan fingerprint density at radius 1 is 1.10 bits per heavy atom. The molecule has 0 saturated carbocycles. The molecule has 0 radical (unpaired) electrons. The third-order valence-corrected chi connectivity index (χ3v) is 5.55. The number of hydrogen-bond acceptors (Lipinski definition) is 2. The van der Waals surface area contributed by atoms with E-state index in [1.165, 1.54) is 6.07 Å². The molecule has 7 heteroatoms. The SMILES string of the molecule is O=S(=O)(Nc1ccc(CBr)cc1)c1ccc(Br)cc1Cl. The lowest BCUT2D eigenvalue weighted by molar-refractivity contribution is 0.601. The molecule has 0 aliphatic rings. The zero-order chi connectivity index (χ0) is 14.8. The van der Waals surface area contributed by atoms with Crippen molar-refractivity contribution in [1.29, 1.82) is 0 Å². The van der Waals surface area contributed by atoms with Gasteiger partial charge in [0.2, 0.25) is 0 Å². The molecular formula is C13H10Br2ClNO2S. The molecule has 0 unspecified atom stereocenters. The van der Waals surface area contributed by atoms with E-state index in [0.717, 1.165) is 15.4 Å². The Morgan fingerprint density at radius 2 is 1.75 bits per heavy atom. The van der Waals surface area contributed by atoms with Gasteiger partial charge in [-0.3, -0.25) is 4.72 Å². The zero-order valence-electron chi connectivity index (χ0n) is 10.1. The molecule has 0 aliphatic heterocycles. The highest BCUT2D eigenvalue weighted by molar-refractivity contribution is 9.10. The highest BCUT2D eigenvalue weighted by Crippen LogP contribution is 2.27. The Labute approximate surface area is 139 Å². The summed E-state index contributed by atoms with van der Waals surface area (Å²) >= 11 is 12.6. The van der Waals surface area contributed by atoms with Crippen LogP contribution in [0.15, 0.2) is 51.8 Å². The van der Waals surface area contributed by atoms with E-state index < -0.39 is 10.0 Å². The van der Waals surface area contributed by atoms with Gasteiger partial charge < -0.3 is 0 Å². The van der Waals surface area contributed by atoms with E-state index in [-0.39, 0.29) is 9.92 Å². The van der Waals surface area contributed by atoms with Gasteiger partial charge in [-0.1, -0.05) is 55.6 Å². The van der Waals surface area contributed by atoms with Gasteiger partial charge in [-0.25, -0.2) is 8.42 Å². The van der Waals surface area contributed by atoms with Crippen molar-refractivity contribution in [2.75, 3.05) is 4.72 Å². The molecule has 0 fully saturated rings. The first kappa shape index (κ1) is 15.8. The van der Waals surface area contributed by atoms with Crippen molar-refractivity contribution in [3.63, 3.8) is 0 Å². The van der Waals surface area contributed by atoms with E-state index in [0.29, 0.717) is 5.69 Å². The molecule has 2 aromatic rings. The Hall–Kier alpha value is -0.560. The summed E-state index contributed by atoms with van der Waals surface area (Å²) in [5, 5.41) is 0.891. The summed E-state index contributed by atoms with van der Waals surface area (Å²) in [6, 6.07) is 11.7. The van der Waals surface area contributed by atoms with Crippen molar-refractivity contribution in [1.82, 2.24) is 0 Å². The highest BCUT2D eigenvalue weighted by Gasteiger charge is 2.18. The first-order valence-electron chi connectivity index (χ1n) is 5.55. The van der Waals surface area contributed by atoms with Crippen LogP contribution in [-0.2, 0) is 15.4 Å². The summed E-state index contributed by atoms with van der Waals surface area (Å²) in [5.41, 5.74) is 1.56. The second kappa shape index (κ2) is 6.47. The van der Waals surface area contributed by atoms with Crippen LogP contribution in [0.3, 0.4) is 0 Å². The number of nitrogens with one attached hydrogen (secondary N) is 1. The number of hydrogen-bond donors (Lipinski definition) is 1. The molecular weight excluding hydrogens is 429 g/mol. The standard InChI is InChI=1S/C13H10Br2ClNO2S/c14-8-9-1-4-11(5-2-9)17-20(18,19)13-6-3-10(15)7-12(13)16/h1-7,17H,8H2. The Balaban J connectivity index is 2.30. The van der Waals surface area contributed by atoms with Crippen molar-refractivity contribution in [3.05, 3.63) is 57.5 Å². The average molecular weight is 440 g/mol. The van der Waals surface area contributed by atoms with E-state index in [4.69, 9.17) is 11.6 Å². The molecule has 0 heterocycles. The predicted molar refractivity (Wildman–Crippen MR) is 89.0 cm³/mol. The lowest BCUT2D eigenvalue weighted by Gasteiger charge is -2.10. The number of halogens is 3. The van der Waals surface area contributed by atoms with E-state index in [1.54, 1.807) is 24.3 Å². The minimum absolute atomic E-state index is 0.0481. The summed E-state index contributed by atoms with van der Waals surface area (Å²) in [6.45, 7) is 0. The second-order valence-corrected chi connectivity index (χ2v) is 7.55. The average Bonchev–Trinajstić information content (AvgIpc) is 2.38. The van der Waals surface area contributed by atoms with Crippen LogP contribution in [-0.4, -0.2) is 8.42 Å². The lowest BCUT2D eigenvalue weighted by atomic mass is 10.2. The fourth-order valence-electron chi connectivity index (χ4n) is 1.57. The second-order valence-electron chi connectivity index (χ2n) is 4.01. The molecule has 0 saturated heterocycles. The van der Waals surface area contributed by atoms with Crippen LogP contribution in [0.5, 0.6) is 0 Å². The molecule has 2 aromatic carbocycles. The van der Waals surface area contributed by atoms with Crippen molar-refractivity contribution < 1.29 is 8.42 Å². The van der Waals surface area contributed by atoms with Gasteiger partial charge in [0, 0.05) is 15.5 Å². The molecule has 3 nitrogen and oxygen atoms in total. The van der Waals surface area contributed by atoms with Crippen LogP contribution >= 0.6 is 43.5 Å². The molecule has 0 amide bonds. The lowest BCUT2D eigenvalue weighted by Crippen LogP contribution is -2.13. The van der Waals surface area contributed by atoms with Gasteiger partial charge in [0.05, 0.1) is 5.02 Å². The van der Waals surface area contributed by atoms with Crippen LogP contribution in [0, 0.1) is 0 Å². The molecule has 0 aromatic heterocycles. The minimum atomic E-state index is -3.69. The van der Waals surface area contributed by atoms with Crippen LogP contribution in [0.25, 0.3) is 0 Å². The van der Waals surface area contributed by atoms with Crippen molar-refractivity contribution in [2.45, 2.75) is 10.2 Å². The normalized spacial score (nSPS) is 11.3. The van der Waals surface area contributed by atoms with Crippen molar-refractivity contribution >= 4 is 59.2 Å². The Bertz CT molecular complexity index is 718. The van der Waals surface area contributed by atoms with E-state index in [2.05, 4.69) is 36.6 Å². The van der Waals surface area contributed by atoms with Gasteiger partial charge in [-0.15, -0.1) is 0 Å². The van der Waals surface area contributed by atoms with Gasteiger partial charge in [0.25, 0.3) is 10.0 Å². The minimum Gasteiger partial charge on any atom is -0.280 e. The van der Waals surface area contributed by atoms with Crippen LogP contribution in [0.1, 0.15) is 5.56 Å². The van der Waals surface area contributed by atoms with Crippen molar-refractivity contribution in [3.8, 4) is 0 Å². The summed E-state index contributed by atoms with van der Waals surface area (Å²) < 4.78 is 27.8. The van der Waals surface area contributed by atoms with Gasteiger partial charge in [0.1, 0.15) is 4.90 Å². The Kier molecular flexibility index (Phi) is 5.12. The first-order chi connectivity index (χ1) is 9.42. The molecule has 0 spiro atoms. The fraction of sp³-hybridized carbons (Fsp3) is 0.0769. The number of rotatable bonds is 4. The van der Waals surface area contributed by atoms with E-state index in [1.807, 2.05) is 12.1 Å². The fourth-order valence-corrected chi connectivity index (χ4v) is 4.04. The largest absolute Gasteiger partial charge is 0.280 e. The molecule has 106 valence electrons. The van der Waals surface area contributed by atoms with Crippen molar-refractivity contribution in [2.24, 2.45) is 0 Å². The summed E-state index contributed by atoms with van der Waals surface area (Å²) in [6.07, 6.45) is 0. The third kappa shape index (κ3) is 3.75. The number of alkyl halides is 1. The zero-order valence-corrected chi connectivity index (χ0v) is 14.9. The molecule has 20 heavy (non-hydrogen) atoms. The van der Waals surface area contributed by atoms with Crippen LogP contribution in [0.4, 0.5) is 5.69 Å². The van der Waals surface area contributed by atoms with Crippen LogP contribution < -0.4 is 4.72 Å². The van der Waals surface area contributed by atoms with E-state index >= 15 is 0 Å². The van der Waals surface area contributed by atoms with Crippen LogP contribution in [0.2, 0.25) is 5.02 Å². The summed E-state index contributed by atoms with van der Waals surface area (Å²) in [4.78, 5) is 0.0481. The summed E-state index contributed by atoms with van der Waals surface area (Å²) in [5.74, 6) is 0. The van der Waals surface area contributed by atoms with E-state index in [9.17, 15) is 8.42 Å².